The van der Waals surface area contributed by atoms with Crippen molar-refractivity contribution in [3.8, 4) is 5.75 Å². The molecule has 1 aliphatic heterocycles. The zero-order valence-corrected chi connectivity index (χ0v) is 19.3. The van der Waals surface area contributed by atoms with Crippen LogP contribution in [0.2, 0.25) is 0 Å². The highest BCUT2D eigenvalue weighted by molar-refractivity contribution is 7.09. The standard InChI is InChI=1S/C23H33N3O3S/c1-17(2)23(27)26(8-7-25-9-11-28-12-10-25)14-20-16-30-22(24-20)15-29-21-6-5-18(3)19(4)13-21/h5-6,13,16-17H,7-12,14-15H2,1-4H3. The van der Waals surface area contributed by atoms with Gasteiger partial charge in [0, 0.05) is 37.5 Å². The molecule has 0 atom stereocenters. The number of rotatable bonds is 9. The molecule has 1 aromatic carbocycles. The first-order valence-corrected chi connectivity index (χ1v) is 11.5. The van der Waals surface area contributed by atoms with Crippen LogP contribution >= 0.6 is 11.3 Å². The number of hydrogen-bond acceptors (Lipinski definition) is 6. The Morgan fingerprint density at radius 3 is 2.73 bits per heavy atom. The third-order valence-corrected chi connectivity index (χ3v) is 6.26. The lowest BCUT2D eigenvalue weighted by Gasteiger charge is -2.30. The molecule has 0 radical (unpaired) electrons. The second kappa shape index (κ2) is 10.9. The van der Waals surface area contributed by atoms with Crippen molar-refractivity contribution in [2.24, 2.45) is 5.92 Å². The molecule has 1 saturated heterocycles. The number of ether oxygens (including phenoxy) is 2. The van der Waals surface area contributed by atoms with Crippen molar-refractivity contribution in [1.29, 1.82) is 0 Å². The van der Waals surface area contributed by atoms with Gasteiger partial charge < -0.3 is 14.4 Å². The van der Waals surface area contributed by atoms with Gasteiger partial charge in [-0.3, -0.25) is 9.69 Å². The molecular weight excluding hydrogens is 398 g/mol. The molecule has 0 N–H and O–H groups in total. The van der Waals surface area contributed by atoms with Gasteiger partial charge in [0.15, 0.2) is 0 Å². The SMILES string of the molecule is Cc1ccc(OCc2nc(CN(CCN3CCOCC3)C(=O)C(C)C)cs2)cc1C. The van der Waals surface area contributed by atoms with Gasteiger partial charge in [0.05, 0.1) is 25.5 Å². The maximum Gasteiger partial charge on any atom is 0.225 e. The van der Waals surface area contributed by atoms with Gasteiger partial charge in [-0.15, -0.1) is 11.3 Å². The highest BCUT2D eigenvalue weighted by Gasteiger charge is 2.20. The Labute approximate surface area is 183 Å². The highest BCUT2D eigenvalue weighted by atomic mass is 32.1. The van der Waals surface area contributed by atoms with Crippen molar-refractivity contribution in [2.75, 3.05) is 39.4 Å². The maximum atomic E-state index is 12.7. The number of amides is 1. The lowest BCUT2D eigenvalue weighted by molar-refractivity contribution is -0.135. The molecule has 0 spiro atoms. The maximum absolute atomic E-state index is 12.7. The van der Waals surface area contributed by atoms with E-state index in [1.165, 1.54) is 11.1 Å². The van der Waals surface area contributed by atoms with E-state index in [9.17, 15) is 4.79 Å². The third-order valence-electron chi connectivity index (χ3n) is 5.39. The van der Waals surface area contributed by atoms with E-state index in [-0.39, 0.29) is 11.8 Å². The third kappa shape index (κ3) is 6.52. The molecule has 0 saturated carbocycles. The minimum absolute atomic E-state index is 0.0269. The van der Waals surface area contributed by atoms with Crippen LogP contribution in [0.1, 0.15) is 35.7 Å². The van der Waals surface area contributed by atoms with Crippen molar-refractivity contribution in [3.63, 3.8) is 0 Å². The molecule has 7 heteroatoms. The van der Waals surface area contributed by atoms with Gasteiger partial charge in [-0.1, -0.05) is 19.9 Å². The molecule has 2 aromatic rings. The van der Waals surface area contributed by atoms with Gasteiger partial charge in [-0.2, -0.15) is 0 Å². The highest BCUT2D eigenvalue weighted by Crippen LogP contribution is 2.20. The summed E-state index contributed by atoms with van der Waals surface area (Å²) in [6.45, 7) is 14.1. The molecule has 1 amide bonds. The van der Waals surface area contributed by atoms with Crippen LogP contribution in [0.5, 0.6) is 5.75 Å². The van der Waals surface area contributed by atoms with Gasteiger partial charge in [0.2, 0.25) is 5.91 Å². The van der Waals surface area contributed by atoms with Crippen LogP contribution in [0.15, 0.2) is 23.6 Å². The fourth-order valence-corrected chi connectivity index (χ4v) is 4.05. The Balaban J connectivity index is 1.56. The summed E-state index contributed by atoms with van der Waals surface area (Å²) in [5.74, 6) is 1.00. The molecule has 0 aliphatic carbocycles. The van der Waals surface area contributed by atoms with Crippen molar-refractivity contribution >= 4 is 17.2 Å². The fourth-order valence-electron chi connectivity index (χ4n) is 3.35. The van der Waals surface area contributed by atoms with E-state index in [1.807, 2.05) is 30.2 Å². The van der Waals surface area contributed by atoms with Crippen molar-refractivity contribution in [2.45, 2.75) is 40.8 Å². The summed E-state index contributed by atoms with van der Waals surface area (Å²) in [5.41, 5.74) is 3.40. The summed E-state index contributed by atoms with van der Waals surface area (Å²) < 4.78 is 11.3. The molecule has 1 aliphatic rings. The molecule has 30 heavy (non-hydrogen) atoms. The van der Waals surface area contributed by atoms with Crippen LogP contribution in [0.3, 0.4) is 0 Å². The average Bonchev–Trinajstić information content (AvgIpc) is 3.19. The van der Waals surface area contributed by atoms with Crippen LogP contribution < -0.4 is 4.74 Å². The smallest absolute Gasteiger partial charge is 0.225 e. The fraction of sp³-hybridized carbons (Fsp3) is 0.565. The molecule has 0 unspecified atom stereocenters. The quantitative estimate of drug-likeness (QED) is 0.607. The topological polar surface area (TPSA) is 54.9 Å². The molecule has 3 rings (SSSR count). The molecule has 1 fully saturated rings. The molecule has 164 valence electrons. The van der Waals surface area contributed by atoms with Crippen molar-refractivity contribution in [1.82, 2.24) is 14.8 Å². The summed E-state index contributed by atoms with van der Waals surface area (Å²) >= 11 is 1.58. The zero-order chi connectivity index (χ0) is 21.5. The number of nitrogens with zero attached hydrogens (tertiary/aromatic N) is 3. The van der Waals surface area contributed by atoms with Gasteiger partial charge >= 0.3 is 0 Å². The first-order chi connectivity index (χ1) is 14.4. The number of hydrogen-bond donors (Lipinski definition) is 0. The minimum Gasteiger partial charge on any atom is -0.486 e. The van der Waals surface area contributed by atoms with E-state index in [0.29, 0.717) is 19.7 Å². The Morgan fingerprint density at radius 2 is 2.03 bits per heavy atom. The summed E-state index contributed by atoms with van der Waals surface area (Å²) in [6.07, 6.45) is 0. The predicted octanol–water partition coefficient (Wildman–Crippen LogP) is 3.66. The van der Waals surface area contributed by atoms with E-state index in [4.69, 9.17) is 14.5 Å². The van der Waals surface area contributed by atoms with Crippen molar-refractivity contribution < 1.29 is 14.3 Å². The van der Waals surface area contributed by atoms with E-state index >= 15 is 0 Å². The number of morpholine rings is 1. The van der Waals surface area contributed by atoms with Crippen LogP contribution in [-0.4, -0.2) is 60.1 Å². The summed E-state index contributed by atoms with van der Waals surface area (Å²) in [7, 11) is 0. The van der Waals surface area contributed by atoms with E-state index in [0.717, 1.165) is 49.3 Å². The average molecular weight is 432 g/mol. The van der Waals surface area contributed by atoms with Gasteiger partial charge in [0.1, 0.15) is 17.4 Å². The minimum atomic E-state index is -0.0269. The number of thiazole rings is 1. The molecule has 0 bridgehead atoms. The number of aryl methyl sites for hydroxylation is 2. The second-order valence-electron chi connectivity index (χ2n) is 8.14. The zero-order valence-electron chi connectivity index (χ0n) is 18.5. The first-order valence-electron chi connectivity index (χ1n) is 10.6. The second-order valence-corrected chi connectivity index (χ2v) is 9.08. The number of carbonyl (C=O) groups excluding carboxylic acids is 1. The van der Waals surface area contributed by atoms with Crippen LogP contribution in [0.25, 0.3) is 0 Å². The Bertz CT molecular complexity index is 831. The predicted molar refractivity (Wildman–Crippen MR) is 120 cm³/mol. The van der Waals surface area contributed by atoms with E-state index in [1.54, 1.807) is 11.3 Å². The molecular formula is C23H33N3O3S. The summed E-state index contributed by atoms with van der Waals surface area (Å²) in [4.78, 5) is 21.7. The Hall–Kier alpha value is -1.96. The molecule has 1 aromatic heterocycles. The Kier molecular flexibility index (Phi) is 8.24. The number of aromatic nitrogens is 1. The molecule has 2 heterocycles. The molecule has 6 nitrogen and oxygen atoms in total. The van der Waals surface area contributed by atoms with Gasteiger partial charge in [-0.05, 0) is 37.1 Å². The van der Waals surface area contributed by atoms with Gasteiger partial charge in [-0.25, -0.2) is 4.98 Å². The van der Waals surface area contributed by atoms with Gasteiger partial charge in [0.25, 0.3) is 0 Å². The normalized spacial score (nSPS) is 14.8. The van der Waals surface area contributed by atoms with Crippen LogP contribution in [0.4, 0.5) is 0 Å². The summed E-state index contributed by atoms with van der Waals surface area (Å²) in [5, 5.41) is 2.96. The lowest BCUT2D eigenvalue weighted by Crippen LogP contribution is -2.43. The first kappa shape index (κ1) is 22.7. The summed E-state index contributed by atoms with van der Waals surface area (Å²) in [6, 6.07) is 6.12. The largest absolute Gasteiger partial charge is 0.486 e. The lowest BCUT2D eigenvalue weighted by atomic mass is 10.1. The van der Waals surface area contributed by atoms with E-state index < -0.39 is 0 Å². The number of carbonyl (C=O) groups is 1. The number of benzene rings is 1. The van der Waals surface area contributed by atoms with Crippen molar-refractivity contribution in [3.05, 3.63) is 45.4 Å². The Morgan fingerprint density at radius 1 is 1.27 bits per heavy atom. The van der Waals surface area contributed by atoms with E-state index in [2.05, 4.69) is 30.9 Å². The monoisotopic (exact) mass is 431 g/mol. The van der Waals surface area contributed by atoms with Crippen LogP contribution in [-0.2, 0) is 22.7 Å². The van der Waals surface area contributed by atoms with Crippen LogP contribution in [0, 0.1) is 19.8 Å².